The van der Waals surface area contributed by atoms with E-state index in [9.17, 15) is 10.2 Å². The maximum Gasteiger partial charge on any atom is 0.124 e. The number of benzene rings is 1. The topological polar surface area (TPSA) is 52.5 Å². The van der Waals surface area contributed by atoms with Gasteiger partial charge in [-0.2, -0.15) is 11.8 Å². The van der Waals surface area contributed by atoms with Crippen LogP contribution in [0.5, 0.6) is 11.5 Å². The molecule has 0 saturated carbocycles. The zero-order valence-corrected chi connectivity index (χ0v) is 11.4. The Morgan fingerprint density at radius 3 is 2.59 bits per heavy atom. The second-order valence-electron chi connectivity index (χ2n) is 4.25. The fraction of sp³-hybridized carbons (Fsp3) is 0.538. The first kappa shape index (κ1) is 14.2. The van der Waals surface area contributed by atoms with Gasteiger partial charge in [0.2, 0.25) is 0 Å². The highest BCUT2D eigenvalue weighted by atomic mass is 32.2. The fourth-order valence-corrected chi connectivity index (χ4v) is 1.98. The van der Waals surface area contributed by atoms with Crippen LogP contribution in [0.4, 0.5) is 0 Å². The van der Waals surface area contributed by atoms with Crippen molar-refractivity contribution >= 4 is 11.8 Å². The fourth-order valence-electron chi connectivity index (χ4n) is 1.63. The Balaban J connectivity index is 2.49. The predicted molar refractivity (Wildman–Crippen MR) is 73.8 cm³/mol. The summed E-state index contributed by atoms with van der Waals surface area (Å²) in [5.41, 5.74) is 0.819. The minimum atomic E-state index is 0.0876. The molecule has 2 atom stereocenters. The van der Waals surface area contributed by atoms with E-state index < -0.39 is 0 Å². The molecule has 17 heavy (non-hydrogen) atoms. The number of hydrogen-bond donors (Lipinski definition) is 3. The molecule has 1 rings (SSSR count). The van der Waals surface area contributed by atoms with E-state index in [0.29, 0.717) is 5.25 Å². The summed E-state index contributed by atoms with van der Waals surface area (Å²) in [4.78, 5) is 0. The molecule has 2 unspecified atom stereocenters. The average molecular weight is 255 g/mol. The van der Waals surface area contributed by atoms with Crippen molar-refractivity contribution in [1.29, 1.82) is 0 Å². The van der Waals surface area contributed by atoms with Gasteiger partial charge in [0.15, 0.2) is 0 Å². The van der Waals surface area contributed by atoms with E-state index in [2.05, 4.69) is 18.5 Å². The van der Waals surface area contributed by atoms with Crippen molar-refractivity contribution in [3.63, 3.8) is 0 Å². The minimum absolute atomic E-state index is 0.0876. The van der Waals surface area contributed by atoms with Crippen molar-refractivity contribution in [2.75, 3.05) is 12.8 Å². The highest BCUT2D eigenvalue weighted by Crippen LogP contribution is 2.27. The van der Waals surface area contributed by atoms with Crippen LogP contribution in [-0.2, 0) is 0 Å². The molecule has 4 heteroatoms. The lowest BCUT2D eigenvalue weighted by Crippen LogP contribution is -2.21. The number of thioether (sulfide) groups is 1. The number of hydrogen-bond acceptors (Lipinski definition) is 4. The van der Waals surface area contributed by atoms with Gasteiger partial charge in [0.05, 0.1) is 0 Å². The van der Waals surface area contributed by atoms with Gasteiger partial charge in [-0.3, -0.25) is 0 Å². The van der Waals surface area contributed by atoms with Gasteiger partial charge >= 0.3 is 0 Å². The maximum absolute atomic E-state index is 9.71. The van der Waals surface area contributed by atoms with Crippen LogP contribution in [0.3, 0.4) is 0 Å². The lowest BCUT2D eigenvalue weighted by atomic mass is 10.1. The Kier molecular flexibility index (Phi) is 5.65. The number of rotatable bonds is 6. The van der Waals surface area contributed by atoms with Crippen molar-refractivity contribution in [3.05, 3.63) is 23.8 Å². The van der Waals surface area contributed by atoms with Gasteiger partial charge in [0.1, 0.15) is 11.5 Å². The number of nitrogens with one attached hydrogen (secondary N) is 1. The summed E-state index contributed by atoms with van der Waals surface area (Å²) >= 11 is 1.85. The number of phenolic OH excluding ortho intramolecular Hbond substituents is 2. The summed E-state index contributed by atoms with van der Waals surface area (Å²) in [5, 5.41) is 22.9. The minimum Gasteiger partial charge on any atom is -0.508 e. The van der Waals surface area contributed by atoms with Crippen LogP contribution in [0, 0.1) is 0 Å². The van der Waals surface area contributed by atoms with E-state index in [1.165, 1.54) is 6.07 Å². The molecule has 0 aliphatic rings. The van der Waals surface area contributed by atoms with Crippen LogP contribution in [-0.4, -0.2) is 28.3 Å². The van der Waals surface area contributed by atoms with Crippen LogP contribution in [0.15, 0.2) is 18.2 Å². The molecule has 0 spiro atoms. The molecule has 0 radical (unpaired) electrons. The van der Waals surface area contributed by atoms with Crippen LogP contribution < -0.4 is 5.32 Å². The molecule has 0 aromatic heterocycles. The van der Waals surface area contributed by atoms with E-state index >= 15 is 0 Å². The SMILES string of the molecule is CSC(C)CCNC(C)c1ccc(O)cc1O. The zero-order chi connectivity index (χ0) is 12.8. The molecule has 0 fully saturated rings. The summed E-state index contributed by atoms with van der Waals surface area (Å²) in [6, 6.07) is 4.81. The van der Waals surface area contributed by atoms with E-state index in [0.717, 1.165) is 18.5 Å². The van der Waals surface area contributed by atoms with Crippen molar-refractivity contribution in [3.8, 4) is 11.5 Å². The molecule has 3 nitrogen and oxygen atoms in total. The molecule has 0 saturated heterocycles. The van der Waals surface area contributed by atoms with Gasteiger partial charge in [-0.05, 0) is 32.2 Å². The smallest absolute Gasteiger partial charge is 0.124 e. The molecule has 3 N–H and O–H groups in total. The van der Waals surface area contributed by atoms with E-state index in [1.54, 1.807) is 12.1 Å². The van der Waals surface area contributed by atoms with E-state index in [4.69, 9.17) is 0 Å². The maximum atomic E-state index is 9.71. The third-order valence-corrected chi connectivity index (χ3v) is 3.92. The molecule has 1 aromatic carbocycles. The van der Waals surface area contributed by atoms with Gasteiger partial charge in [0, 0.05) is 22.9 Å². The number of aromatic hydroxyl groups is 2. The third kappa shape index (κ3) is 4.48. The number of phenols is 2. The first-order valence-corrected chi connectivity index (χ1v) is 7.11. The first-order chi connectivity index (χ1) is 8.04. The van der Waals surface area contributed by atoms with Crippen LogP contribution in [0.25, 0.3) is 0 Å². The van der Waals surface area contributed by atoms with Gasteiger partial charge in [-0.1, -0.05) is 13.0 Å². The summed E-state index contributed by atoms with van der Waals surface area (Å²) in [7, 11) is 0. The summed E-state index contributed by atoms with van der Waals surface area (Å²) < 4.78 is 0. The van der Waals surface area contributed by atoms with Gasteiger partial charge in [-0.15, -0.1) is 0 Å². The Morgan fingerprint density at radius 2 is 2.00 bits per heavy atom. The Bertz CT molecular complexity index is 357. The van der Waals surface area contributed by atoms with Gasteiger partial charge in [0.25, 0.3) is 0 Å². The summed E-state index contributed by atoms with van der Waals surface area (Å²) in [6.45, 7) is 5.13. The monoisotopic (exact) mass is 255 g/mol. The Morgan fingerprint density at radius 1 is 1.29 bits per heavy atom. The Hall–Kier alpha value is -0.870. The average Bonchev–Trinajstić information content (AvgIpc) is 2.28. The summed E-state index contributed by atoms with van der Waals surface area (Å²) in [5.74, 6) is 0.234. The van der Waals surface area contributed by atoms with Crippen LogP contribution >= 0.6 is 11.8 Å². The second kappa shape index (κ2) is 6.77. The molecular weight excluding hydrogens is 234 g/mol. The quantitative estimate of drug-likeness (QED) is 0.731. The van der Waals surface area contributed by atoms with Crippen LogP contribution in [0.1, 0.15) is 31.9 Å². The molecule has 0 heterocycles. The van der Waals surface area contributed by atoms with Crippen molar-refractivity contribution in [1.82, 2.24) is 5.32 Å². The normalized spacial score (nSPS) is 14.5. The second-order valence-corrected chi connectivity index (χ2v) is 5.53. The summed E-state index contributed by atoms with van der Waals surface area (Å²) in [6.07, 6.45) is 3.21. The first-order valence-electron chi connectivity index (χ1n) is 5.82. The van der Waals surface area contributed by atoms with Crippen molar-refractivity contribution in [2.24, 2.45) is 0 Å². The van der Waals surface area contributed by atoms with Crippen LogP contribution in [0.2, 0.25) is 0 Å². The molecule has 0 aliphatic heterocycles. The van der Waals surface area contributed by atoms with Crippen molar-refractivity contribution < 1.29 is 10.2 Å². The van der Waals surface area contributed by atoms with Crippen molar-refractivity contribution in [2.45, 2.75) is 31.6 Å². The standard InChI is InChI=1S/C13H21NO2S/c1-9(17-3)6-7-14-10(2)12-5-4-11(15)8-13(12)16/h4-5,8-10,14-16H,6-7H2,1-3H3. The van der Waals surface area contributed by atoms with Gasteiger partial charge in [-0.25, -0.2) is 0 Å². The molecule has 96 valence electrons. The molecular formula is C13H21NO2S. The molecule has 0 amide bonds. The third-order valence-electron chi connectivity index (χ3n) is 2.88. The Labute approximate surface area is 107 Å². The largest absolute Gasteiger partial charge is 0.508 e. The predicted octanol–water partition coefficient (Wildman–Crippen LogP) is 2.89. The lowest BCUT2D eigenvalue weighted by Gasteiger charge is -2.17. The van der Waals surface area contributed by atoms with E-state index in [-0.39, 0.29) is 17.5 Å². The zero-order valence-electron chi connectivity index (χ0n) is 10.6. The van der Waals surface area contributed by atoms with Gasteiger partial charge < -0.3 is 15.5 Å². The highest BCUT2D eigenvalue weighted by molar-refractivity contribution is 7.99. The molecule has 1 aromatic rings. The molecule has 0 aliphatic carbocycles. The highest BCUT2D eigenvalue weighted by Gasteiger charge is 2.10. The molecule has 0 bridgehead atoms. The lowest BCUT2D eigenvalue weighted by molar-refractivity contribution is 0.435. The van der Waals surface area contributed by atoms with E-state index in [1.807, 2.05) is 18.7 Å².